The molecular weight excluding hydrogens is 543 g/mol. The first kappa shape index (κ1) is 28.7. The van der Waals surface area contributed by atoms with Crippen molar-refractivity contribution in [3.63, 3.8) is 0 Å². The molecule has 1 atom stereocenters. The topological polar surface area (TPSA) is 91.6 Å². The molecule has 216 valence electrons. The van der Waals surface area contributed by atoms with E-state index in [0.29, 0.717) is 48.2 Å². The normalized spacial score (nSPS) is 19.2. The van der Waals surface area contributed by atoms with Crippen LogP contribution in [0.5, 0.6) is 0 Å². The summed E-state index contributed by atoms with van der Waals surface area (Å²) in [6, 6.07) is 8.03. The zero-order valence-corrected chi connectivity index (χ0v) is 23.6. The Morgan fingerprint density at radius 2 is 1.77 bits per heavy atom. The molecule has 2 aliphatic rings. The molecule has 12 heteroatoms. The molecule has 3 aromatic rings. The maximum absolute atomic E-state index is 14.2. The van der Waals surface area contributed by atoms with Crippen LogP contribution in [0.1, 0.15) is 37.6 Å². The van der Waals surface area contributed by atoms with Crippen molar-refractivity contribution in [2.75, 3.05) is 39.0 Å². The van der Waals surface area contributed by atoms with Gasteiger partial charge in [0.1, 0.15) is 11.3 Å². The second-order valence-electron chi connectivity index (χ2n) is 10.9. The molecular formula is C28H34F3N5O3S. The minimum atomic E-state index is -4.69. The number of sulfone groups is 1. The van der Waals surface area contributed by atoms with Crippen molar-refractivity contribution in [2.45, 2.75) is 49.4 Å². The molecule has 2 aliphatic heterocycles. The maximum Gasteiger partial charge on any atom is 0.435 e. The van der Waals surface area contributed by atoms with E-state index in [9.17, 15) is 26.7 Å². The lowest BCUT2D eigenvalue weighted by Crippen LogP contribution is -2.47. The van der Waals surface area contributed by atoms with E-state index < -0.39 is 21.7 Å². The van der Waals surface area contributed by atoms with Crippen LogP contribution < -0.4 is 0 Å². The second kappa shape index (κ2) is 10.9. The summed E-state index contributed by atoms with van der Waals surface area (Å²) in [6.45, 7) is 5.72. The van der Waals surface area contributed by atoms with Crippen molar-refractivity contribution in [3.8, 4) is 11.4 Å². The summed E-state index contributed by atoms with van der Waals surface area (Å²) in [7, 11) is -1.75. The molecule has 8 nitrogen and oxygen atoms in total. The van der Waals surface area contributed by atoms with E-state index in [1.165, 1.54) is 12.1 Å². The molecule has 2 aromatic heterocycles. The highest BCUT2D eigenvalue weighted by Gasteiger charge is 2.37. The number of rotatable bonds is 6. The van der Waals surface area contributed by atoms with E-state index in [1.807, 2.05) is 6.08 Å². The standard InChI is InChI=1S/C28H34F3N5O3S/c1-18(37)17-35-12-10-21(11-13-35)36-14-8-19(9-15-36)23-16-24-25(26(32-23)28(29,30)31)33-27(34(24)2)20-4-6-22(7-5-20)40(3,38)39/h4-8,16,18,21,37H,9-15,17H2,1-3H3. The van der Waals surface area contributed by atoms with E-state index in [0.717, 1.165) is 44.3 Å². The highest BCUT2D eigenvalue weighted by atomic mass is 32.2. The molecule has 1 aromatic carbocycles. The van der Waals surface area contributed by atoms with Crippen LogP contribution in [0.15, 0.2) is 41.3 Å². The first-order valence-electron chi connectivity index (χ1n) is 13.4. The van der Waals surface area contributed by atoms with Crippen molar-refractivity contribution in [1.29, 1.82) is 0 Å². The third kappa shape index (κ3) is 5.95. The average molecular weight is 578 g/mol. The Hall–Kier alpha value is -2.80. The van der Waals surface area contributed by atoms with E-state index in [2.05, 4.69) is 19.8 Å². The molecule has 0 bridgehead atoms. The molecule has 40 heavy (non-hydrogen) atoms. The van der Waals surface area contributed by atoms with Crippen molar-refractivity contribution in [1.82, 2.24) is 24.3 Å². The largest absolute Gasteiger partial charge is 0.435 e. The molecule has 0 amide bonds. The summed E-state index contributed by atoms with van der Waals surface area (Å²) in [5, 5.41) is 9.64. The number of piperidine rings is 1. The third-order valence-corrected chi connectivity index (χ3v) is 8.97. The van der Waals surface area contributed by atoms with Gasteiger partial charge >= 0.3 is 6.18 Å². The monoisotopic (exact) mass is 577 g/mol. The minimum Gasteiger partial charge on any atom is -0.392 e. The number of hydrogen-bond donors (Lipinski definition) is 1. The number of hydrogen-bond acceptors (Lipinski definition) is 7. The number of β-amino-alcohol motifs (C(OH)–C–C–N with tert-alkyl or cyclic N) is 1. The number of aryl methyl sites for hydroxylation is 1. The molecule has 5 rings (SSSR count). The number of pyridine rings is 1. The molecule has 1 fully saturated rings. The number of aliphatic hydroxyl groups is 1. The van der Waals surface area contributed by atoms with Crippen LogP contribution in [-0.4, -0.2) is 89.0 Å². The number of benzene rings is 1. The highest BCUT2D eigenvalue weighted by Crippen LogP contribution is 2.37. The van der Waals surface area contributed by atoms with Crippen molar-refractivity contribution >= 4 is 26.4 Å². The van der Waals surface area contributed by atoms with Gasteiger partial charge in [-0.15, -0.1) is 0 Å². The minimum absolute atomic E-state index is 0.124. The first-order valence-corrected chi connectivity index (χ1v) is 15.3. The fraction of sp³-hybridized carbons (Fsp3) is 0.500. The smallest absolute Gasteiger partial charge is 0.392 e. The molecule has 1 unspecified atom stereocenters. The van der Waals surface area contributed by atoms with Gasteiger partial charge in [0.25, 0.3) is 0 Å². The van der Waals surface area contributed by atoms with Gasteiger partial charge in [0.15, 0.2) is 15.5 Å². The number of likely N-dealkylation sites (tertiary alicyclic amines) is 1. The number of alkyl halides is 3. The molecule has 0 saturated carbocycles. The van der Waals surface area contributed by atoms with Crippen LogP contribution in [0.2, 0.25) is 0 Å². The van der Waals surface area contributed by atoms with Crippen LogP contribution in [0, 0.1) is 0 Å². The maximum atomic E-state index is 14.2. The van der Waals surface area contributed by atoms with Gasteiger partial charge in [-0.25, -0.2) is 18.4 Å². The number of imidazole rings is 1. The van der Waals surface area contributed by atoms with Crippen LogP contribution >= 0.6 is 0 Å². The Morgan fingerprint density at radius 1 is 1.10 bits per heavy atom. The zero-order valence-electron chi connectivity index (χ0n) is 22.8. The summed E-state index contributed by atoms with van der Waals surface area (Å²) in [5.41, 5.74) is 0.649. The van der Waals surface area contributed by atoms with Crippen molar-refractivity contribution in [2.24, 2.45) is 7.05 Å². The predicted molar refractivity (Wildman–Crippen MR) is 147 cm³/mol. The summed E-state index contributed by atoms with van der Waals surface area (Å²) in [5.74, 6) is 0.297. The number of aliphatic hydroxyl groups excluding tert-OH is 1. The molecule has 0 aliphatic carbocycles. The molecule has 0 radical (unpaired) electrons. The fourth-order valence-corrected chi connectivity index (χ4v) is 6.38. The Morgan fingerprint density at radius 3 is 2.33 bits per heavy atom. The number of aromatic nitrogens is 3. The van der Waals surface area contributed by atoms with E-state index in [-0.39, 0.29) is 16.5 Å². The Bertz CT molecular complexity index is 1520. The summed E-state index contributed by atoms with van der Waals surface area (Å²) < 4.78 is 67.8. The van der Waals surface area contributed by atoms with Crippen molar-refractivity contribution in [3.05, 3.63) is 47.8 Å². The molecule has 1 N–H and O–H groups in total. The van der Waals surface area contributed by atoms with Gasteiger partial charge in [0.2, 0.25) is 0 Å². The molecule has 1 saturated heterocycles. The Labute approximate surface area is 232 Å². The van der Waals surface area contributed by atoms with Gasteiger partial charge in [0, 0.05) is 44.5 Å². The average Bonchev–Trinajstić information content (AvgIpc) is 3.23. The third-order valence-electron chi connectivity index (χ3n) is 7.84. The van der Waals surface area contributed by atoms with E-state index >= 15 is 0 Å². The lowest BCUT2D eigenvalue weighted by Gasteiger charge is -2.40. The van der Waals surface area contributed by atoms with Crippen LogP contribution in [-0.2, 0) is 23.1 Å². The van der Waals surface area contributed by atoms with Gasteiger partial charge in [-0.2, -0.15) is 13.2 Å². The lowest BCUT2D eigenvalue weighted by atomic mass is 9.98. The van der Waals surface area contributed by atoms with Crippen LogP contribution in [0.4, 0.5) is 13.2 Å². The highest BCUT2D eigenvalue weighted by molar-refractivity contribution is 7.90. The summed E-state index contributed by atoms with van der Waals surface area (Å²) in [6.07, 6.45) is 0.646. The zero-order chi connectivity index (χ0) is 28.8. The number of fused-ring (bicyclic) bond motifs is 1. The van der Waals surface area contributed by atoms with Gasteiger partial charge in [-0.05, 0) is 75.2 Å². The van der Waals surface area contributed by atoms with Crippen molar-refractivity contribution < 1.29 is 26.7 Å². The van der Waals surface area contributed by atoms with Gasteiger partial charge in [-0.3, -0.25) is 4.90 Å². The first-order chi connectivity index (χ1) is 18.8. The summed E-state index contributed by atoms with van der Waals surface area (Å²) >= 11 is 0. The quantitative estimate of drug-likeness (QED) is 0.474. The van der Waals surface area contributed by atoms with Gasteiger partial charge in [0.05, 0.1) is 22.2 Å². The summed E-state index contributed by atoms with van der Waals surface area (Å²) in [4.78, 5) is 13.2. The molecule has 4 heterocycles. The van der Waals surface area contributed by atoms with Crippen LogP contribution in [0.3, 0.4) is 0 Å². The van der Waals surface area contributed by atoms with Gasteiger partial charge in [-0.1, -0.05) is 6.08 Å². The fourth-order valence-electron chi connectivity index (χ4n) is 5.75. The van der Waals surface area contributed by atoms with Crippen LogP contribution in [0.25, 0.3) is 28.0 Å². The predicted octanol–water partition coefficient (Wildman–Crippen LogP) is 3.99. The second-order valence-corrected chi connectivity index (χ2v) is 12.9. The molecule has 0 spiro atoms. The Kier molecular flexibility index (Phi) is 7.81. The number of halogens is 3. The van der Waals surface area contributed by atoms with Gasteiger partial charge < -0.3 is 14.6 Å². The Balaban J connectivity index is 1.42. The van der Waals surface area contributed by atoms with E-state index in [1.54, 1.807) is 36.7 Å². The lowest BCUT2D eigenvalue weighted by molar-refractivity contribution is -0.139. The SMILES string of the molecule is CC(O)CN1CCC(N2CC=C(c3cc4c(nc(-c5ccc(S(C)(=O)=O)cc5)n4C)c(C(F)(F)F)n3)CC2)CC1. The number of nitrogens with zero attached hydrogens (tertiary/aromatic N) is 5. The van der Waals surface area contributed by atoms with E-state index in [4.69, 9.17) is 0 Å².